The molecule has 1 rings (SSSR count). The molecule has 0 saturated carbocycles. The smallest absolute Gasteiger partial charge is 0.341 e. The Kier molecular flexibility index (Phi) is 1.48. The summed E-state index contributed by atoms with van der Waals surface area (Å²) in [6.07, 6.45) is 3.19. The van der Waals surface area contributed by atoms with E-state index in [1.54, 1.807) is 6.08 Å². The fourth-order valence-corrected chi connectivity index (χ4v) is 0.867. The second-order valence-corrected chi connectivity index (χ2v) is 1.84. The van der Waals surface area contributed by atoms with Crippen LogP contribution in [-0.2, 0) is 9.22 Å². The van der Waals surface area contributed by atoms with Crippen LogP contribution >= 0.6 is 0 Å². The summed E-state index contributed by atoms with van der Waals surface area (Å²) in [5.41, 5.74) is 0. The molecule has 0 aliphatic heterocycles. The van der Waals surface area contributed by atoms with Gasteiger partial charge < -0.3 is 4.43 Å². The largest absolute Gasteiger partial charge is 0.538 e. The van der Waals surface area contributed by atoms with Crippen molar-refractivity contribution in [2.75, 3.05) is 0 Å². The lowest BCUT2D eigenvalue weighted by atomic mass is 10.3. The number of carbonyl (C=O) groups excluding carboxylic acids is 1. The molecule has 0 bridgehead atoms. The van der Waals surface area contributed by atoms with Crippen molar-refractivity contribution in [3.8, 4) is 0 Å². The number of carbonyl (C=O) groups is 1. The average molecular weight is 125 g/mol. The van der Waals surface area contributed by atoms with Crippen molar-refractivity contribution in [3.05, 3.63) is 11.8 Å². The van der Waals surface area contributed by atoms with Crippen LogP contribution in [0.4, 0.5) is 0 Å². The first-order valence-electron chi connectivity index (χ1n) is 2.41. The normalized spacial score (nSPS) is 18.6. The zero-order valence-corrected chi connectivity index (χ0v) is 5.31. The van der Waals surface area contributed by atoms with Crippen LogP contribution in [-0.4, -0.2) is 16.3 Å². The maximum atomic E-state index is 10.6. The van der Waals surface area contributed by atoms with Gasteiger partial charge in [-0.05, 0) is 12.5 Å². The summed E-state index contributed by atoms with van der Waals surface area (Å²) in [6.45, 7) is 0. The van der Waals surface area contributed by atoms with Gasteiger partial charge in [0.15, 0.2) is 5.78 Å². The van der Waals surface area contributed by atoms with Crippen LogP contribution in [0, 0.1) is 0 Å². The highest BCUT2D eigenvalue weighted by atomic mass is 28.2. The average Bonchev–Trinajstić information content (AvgIpc) is 2.14. The molecule has 41 valence electrons. The van der Waals surface area contributed by atoms with Gasteiger partial charge in [-0.1, -0.05) is 0 Å². The van der Waals surface area contributed by atoms with Crippen LogP contribution < -0.4 is 0 Å². The van der Waals surface area contributed by atoms with E-state index in [0.29, 0.717) is 12.2 Å². The van der Waals surface area contributed by atoms with Crippen molar-refractivity contribution < 1.29 is 9.22 Å². The summed E-state index contributed by atoms with van der Waals surface area (Å²) in [6, 6.07) is 0. The molecule has 2 nitrogen and oxygen atoms in total. The number of hydrogen-bond acceptors (Lipinski definition) is 2. The molecule has 0 fully saturated rings. The Bertz CT molecular complexity index is 139. The van der Waals surface area contributed by atoms with Gasteiger partial charge in [-0.15, -0.1) is 0 Å². The first kappa shape index (κ1) is 5.56. The van der Waals surface area contributed by atoms with E-state index in [1.807, 2.05) is 0 Å². The van der Waals surface area contributed by atoms with E-state index in [2.05, 4.69) is 14.9 Å². The zero-order chi connectivity index (χ0) is 5.98. The molecule has 0 aromatic heterocycles. The predicted molar refractivity (Wildman–Crippen MR) is 29.2 cm³/mol. The van der Waals surface area contributed by atoms with Crippen LogP contribution in [0.15, 0.2) is 11.8 Å². The number of allylic oxidation sites excluding steroid dienone is 2. The van der Waals surface area contributed by atoms with Crippen molar-refractivity contribution in [1.82, 2.24) is 0 Å². The van der Waals surface area contributed by atoms with Gasteiger partial charge >= 0.3 is 10.5 Å². The first-order chi connectivity index (χ1) is 3.84. The highest BCUT2D eigenvalue weighted by molar-refractivity contribution is 6.05. The highest BCUT2D eigenvalue weighted by Gasteiger charge is 2.13. The van der Waals surface area contributed by atoms with Gasteiger partial charge in [-0.25, -0.2) is 0 Å². The van der Waals surface area contributed by atoms with Crippen molar-refractivity contribution >= 4 is 16.3 Å². The van der Waals surface area contributed by atoms with Crippen molar-refractivity contribution in [2.24, 2.45) is 0 Å². The van der Waals surface area contributed by atoms with Gasteiger partial charge in [-0.3, -0.25) is 4.79 Å². The van der Waals surface area contributed by atoms with Crippen molar-refractivity contribution in [2.45, 2.75) is 12.8 Å². The first-order valence-corrected chi connectivity index (χ1v) is 2.82. The fraction of sp³-hybridized carbons (Fsp3) is 0.400. The third-order valence-corrected chi connectivity index (χ3v) is 1.31. The van der Waals surface area contributed by atoms with Gasteiger partial charge in [0.05, 0.1) is 0 Å². The minimum absolute atomic E-state index is 0.0833. The van der Waals surface area contributed by atoms with E-state index < -0.39 is 0 Å². The molecule has 0 unspecified atom stereocenters. The van der Waals surface area contributed by atoms with Gasteiger partial charge in [0.1, 0.15) is 5.76 Å². The quantitative estimate of drug-likeness (QED) is 0.472. The summed E-state index contributed by atoms with van der Waals surface area (Å²) in [7, 11) is 2.77. The molecule has 0 saturated heterocycles. The second-order valence-electron chi connectivity index (χ2n) is 1.63. The molecule has 0 amide bonds. The molecule has 0 heterocycles. The summed E-state index contributed by atoms with van der Waals surface area (Å²) in [4.78, 5) is 10.6. The summed E-state index contributed by atoms with van der Waals surface area (Å²) >= 11 is 0. The number of rotatable bonds is 1. The van der Waals surface area contributed by atoms with Crippen LogP contribution in [0.5, 0.6) is 0 Å². The Morgan fingerprint density at radius 1 is 1.75 bits per heavy atom. The molecular weight excluding hydrogens is 120 g/mol. The molecule has 1 aliphatic carbocycles. The lowest BCUT2D eigenvalue weighted by molar-refractivity contribution is -0.116. The molecule has 3 radical (unpaired) electrons. The summed E-state index contributed by atoms with van der Waals surface area (Å²) < 4.78 is 4.54. The monoisotopic (exact) mass is 125 g/mol. The minimum atomic E-state index is 0.0833. The zero-order valence-electron chi connectivity index (χ0n) is 4.31. The summed E-state index contributed by atoms with van der Waals surface area (Å²) in [5.74, 6) is 0.529. The molecule has 3 heteroatoms. The molecule has 0 N–H and O–H groups in total. The molecule has 0 spiro atoms. The van der Waals surface area contributed by atoms with Gasteiger partial charge in [0, 0.05) is 6.42 Å². The predicted octanol–water partition coefficient (Wildman–Crippen LogP) is 0.333. The van der Waals surface area contributed by atoms with Crippen molar-refractivity contribution in [1.29, 1.82) is 0 Å². The van der Waals surface area contributed by atoms with E-state index in [0.717, 1.165) is 6.42 Å². The van der Waals surface area contributed by atoms with E-state index in [9.17, 15) is 4.79 Å². The van der Waals surface area contributed by atoms with Crippen LogP contribution in [0.2, 0.25) is 0 Å². The van der Waals surface area contributed by atoms with Gasteiger partial charge in [0.25, 0.3) is 0 Å². The number of Topliss-reactive ketones (excluding diaryl/α,β-unsaturated/α-hetero) is 1. The van der Waals surface area contributed by atoms with Crippen molar-refractivity contribution in [3.63, 3.8) is 0 Å². The highest BCUT2D eigenvalue weighted by Crippen LogP contribution is 2.12. The number of hydrogen-bond donors (Lipinski definition) is 0. The fourth-order valence-electron chi connectivity index (χ4n) is 0.670. The maximum Gasteiger partial charge on any atom is 0.341 e. The molecular formula is C5H5O2Si. The maximum absolute atomic E-state index is 10.6. The second kappa shape index (κ2) is 2.13. The van der Waals surface area contributed by atoms with Gasteiger partial charge in [-0.2, -0.15) is 0 Å². The lowest BCUT2D eigenvalue weighted by Crippen LogP contribution is -1.97. The molecule has 0 atom stereocenters. The van der Waals surface area contributed by atoms with E-state index in [1.165, 1.54) is 0 Å². The third kappa shape index (κ3) is 0.814. The Morgan fingerprint density at radius 3 is 2.75 bits per heavy atom. The Hall–Kier alpha value is -0.573. The molecule has 0 aromatic rings. The Morgan fingerprint density at radius 2 is 2.50 bits per heavy atom. The van der Waals surface area contributed by atoms with Crippen LogP contribution in [0.25, 0.3) is 0 Å². The SMILES string of the molecule is O=C1CCC=C1O[Si]. The standard InChI is InChI=1S/C5H5O2Si/c6-4-2-1-3-5(4)7-8/h3H,1-2H2. The Labute approximate surface area is 51.1 Å². The summed E-state index contributed by atoms with van der Waals surface area (Å²) in [5, 5.41) is 0. The van der Waals surface area contributed by atoms with E-state index in [-0.39, 0.29) is 5.78 Å². The molecule has 8 heavy (non-hydrogen) atoms. The van der Waals surface area contributed by atoms with Crippen LogP contribution in [0.3, 0.4) is 0 Å². The molecule has 1 aliphatic rings. The van der Waals surface area contributed by atoms with Gasteiger partial charge in [0.2, 0.25) is 0 Å². The van der Waals surface area contributed by atoms with Crippen LogP contribution in [0.1, 0.15) is 12.8 Å². The minimum Gasteiger partial charge on any atom is -0.538 e. The lowest BCUT2D eigenvalue weighted by Gasteiger charge is -1.93. The Balaban J connectivity index is 2.62. The molecule has 0 aromatic carbocycles. The van der Waals surface area contributed by atoms with E-state index in [4.69, 9.17) is 0 Å². The topological polar surface area (TPSA) is 26.3 Å². The number of ketones is 1. The third-order valence-electron chi connectivity index (χ3n) is 1.09. The van der Waals surface area contributed by atoms with E-state index >= 15 is 0 Å².